The minimum atomic E-state index is -0.916. The van der Waals surface area contributed by atoms with Crippen LogP contribution in [-0.2, 0) is 4.79 Å². The molecule has 1 aromatic heterocycles. The zero-order chi connectivity index (χ0) is 14.5. The summed E-state index contributed by atoms with van der Waals surface area (Å²) in [6, 6.07) is 9.15. The lowest BCUT2D eigenvalue weighted by Gasteiger charge is -2.22. The van der Waals surface area contributed by atoms with Crippen LogP contribution in [0.1, 0.15) is 6.42 Å². The van der Waals surface area contributed by atoms with Crippen LogP contribution < -0.4 is 16.4 Å². The maximum absolute atomic E-state index is 10.8. The van der Waals surface area contributed by atoms with E-state index >= 15 is 0 Å². The van der Waals surface area contributed by atoms with E-state index < -0.39 is 5.97 Å². The van der Waals surface area contributed by atoms with E-state index in [4.69, 9.17) is 16.6 Å². The van der Waals surface area contributed by atoms with Crippen molar-refractivity contribution >= 4 is 29.5 Å². The molecule has 20 heavy (non-hydrogen) atoms. The second-order valence-corrected chi connectivity index (χ2v) is 3.98. The number of rotatable bonds is 5. The molecule has 0 bridgehead atoms. The van der Waals surface area contributed by atoms with Gasteiger partial charge < -0.3 is 21.5 Å². The fourth-order valence-corrected chi connectivity index (χ4v) is 1.68. The van der Waals surface area contributed by atoms with Crippen molar-refractivity contribution in [3.63, 3.8) is 0 Å². The summed E-state index contributed by atoms with van der Waals surface area (Å²) < 4.78 is 0. The highest BCUT2D eigenvalue weighted by molar-refractivity contribution is 5.69. The lowest BCUT2D eigenvalue weighted by Crippen LogP contribution is -2.24. The highest BCUT2D eigenvalue weighted by Gasteiger charge is 2.15. The number of nitrogen functional groups attached to an aromatic ring is 2. The Morgan fingerprint density at radius 2 is 1.70 bits per heavy atom. The van der Waals surface area contributed by atoms with Crippen molar-refractivity contribution in [1.29, 1.82) is 0 Å². The molecule has 0 radical (unpaired) electrons. The molecule has 1 heterocycles. The third-order valence-corrected chi connectivity index (χ3v) is 2.52. The molecule has 0 fully saturated rings. The van der Waals surface area contributed by atoms with Gasteiger partial charge in [-0.25, -0.2) is 0 Å². The van der Waals surface area contributed by atoms with E-state index in [0.717, 1.165) is 5.69 Å². The number of benzene rings is 1. The maximum Gasteiger partial charge on any atom is 0.305 e. The number of anilines is 4. The molecule has 0 saturated carbocycles. The number of carboxylic acid groups (broad SMARTS) is 1. The Bertz CT molecular complexity index is 584. The summed E-state index contributed by atoms with van der Waals surface area (Å²) in [5.41, 5.74) is 11.8. The minimum Gasteiger partial charge on any atom is -0.481 e. The first kappa shape index (κ1) is 13.5. The van der Waals surface area contributed by atoms with E-state index in [-0.39, 0.29) is 30.8 Å². The monoisotopic (exact) mass is 274 g/mol. The Balaban J connectivity index is 2.37. The number of para-hydroxylation sites is 1. The van der Waals surface area contributed by atoms with Crippen LogP contribution in [0.2, 0.25) is 0 Å². The maximum atomic E-state index is 10.8. The molecule has 0 amide bonds. The standard InChI is InChI=1S/C12H14N6O2/c13-10-15-11(14)17-12(16-10)18(7-6-9(19)20)8-4-2-1-3-5-8/h1-5H,6-7H2,(H,19,20)(H4,13,14,15,16,17). The van der Waals surface area contributed by atoms with Gasteiger partial charge >= 0.3 is 5.97 Å². The van der Waals surface area contributed by atoms with Crippen LogP contribution in [0.15, 0.2) is 30.3 Å². The van der Waals surface area contributed by atoms with E-state index in [1.807, 2.05) is 30.3 Å². The molecule has 8 nitrogen and oxygen atoms in total. The molecule has 104 valence electrons. The number of hydrogen-bond acceptors (Lipinski definition) is 7. The van der Waals surface area contributed by atoms with Crippen LogP contribution in [0.3, 0.4) is 0 Å². The molecule has 0 aliphatic rings. The molecule has 0 atom stereocenters. The summed E-state index contributed by atoms with van der Waals surface area (Å²) in [7, 11) is 0. The fraction of sp³-hybridized carbons (Fsp3) is 0.167. The largest absolute Gasteiger partial charge is 0.481 e. The molecule has 0 spiro atoms. The summed E-state index contributed by atoms with van der Waals surface area (Å²) >= 11 is 0. The van der Waals surface area contributed by atoms with Gasteiger partial charge in [0.05, 0.1) is 6.42 Å². The van der Waals surface area contributed by atoms with Crippen LogP contribution in [0, 0.1) is 0 Å². The highest BCUT2D eigenvalue weighted by Crippen LogP contribution is 2.22. The van der Waals surface area contributed by atoms with E-state index in [1.165, 1.54) is 0 Å². The molecule has 0 unspecified atom stereocenters. The number of nitrogens with two attached hydrogens (primary N) is 2. The molecule has 2 rings (SSSR count). The van der Waals surface area contributed by atoms with Crippen LogP contribution in [-0.4, -0.2) is 32.6 Å². The highest BCUT2D eigenvalue weighted by atomic mass is 16.4. The molecule has 0 saturated heterocycles. The average Bonchev–Trinajstić information content (AvgIpc) is 2.38. The van der Waals surface area contributed by atoms with E-state index in [9.17, 15) is 4.79 Å². The molecule has 8 heteroatoms. The first-order valence-corrected chi connectivity index (χ1v) is 5.87. The SMILES string of the molecule is Nc1nc(N)nc(N(CCC(=O)O)c2ccccc2)n1. The minimum absolute atomic E-state index is 0.0104. The Morgan fingerprint density at radius 3 is 2.25 bits per heavy atom. The predicted octanol–water partition coefficient (Wildman–Crippen LogP) is 0.649. The smallest absolute Gasteiger partial charge is 0.305 e. The zero-order valence-corrected chi connectivity index (χ0v) is 10.6. The number of aliphatic carboxylic acids is 1. The first-order chi connectivity index (χ1) is 9.56. The molecular formula is C12H14N6O2. The molecule has 5 N–H and O–H groups in total. The van der Waals surface area contributed by atoms with Gasteiger partial charge in [-0.15, -0.1) is 0 Å². The van der Waals surface area contributed by atoms with Crippen molar-refractivity contribution in [3.05, 3.63) is 30.3 Å². The van der Waals surface area contributed by atoms with Gasteiger partial charge in [0.25, 0.3) is 0 Å². The van der Waals surface area contributed by atoms with E-state index in [0.29, 0.717) is 0 Å². The Kier molecular flexibility index (Phi) is 3.94. The van der Waals surface area contributed by atoms with Gasteiger partial charge in [-0.3, -0.25) is 4.79 Å². The Morgan fingerprint density at radius 1 is 1.10 bits per heavy atom. The molecule has 1 aromatic carbocycles. The van der Waals surface area contributed by atoms with Gasteiger partial charge in [-0.05, 0) is 12.1 Å². The summed E-state index contributed by atoms with van der Waals surface area (Å²) in [6.45, 7) is 0.197. The van der Waals surface area contributed by atoms with Crippen LogP contribution in [0.4, 0.5) is 23.5 Å². The zero-order valence-electron chi connectivity index (χ0n) is 10.6. The number of nitrogens with zero attached hydrogens (tertiary/aromatic N) is 4. The third kappa shape index (κ3) is 3.31. The van der Waals surface area contributed by atoms with Crippen molar-refractivity contribution in [2.24, 2.45) is 0 Å². The van der Waals surface area contributed by atoms with Gasteiger partial charge in [0, 0.05) is 12.2 Å². The van der Waals surface area contributed by atoms with E-state index in [1.54, 1.807) is 4.90 Å². The predicted molar refractivity (Wildman–Crippen MR) is 74.4 cm³/mol. The molecule has 2 aromatic rings. The summed E-state index contributed by atoms with van der Waals surface area (Å²) in [4.78, 5) is 24.1. The summed E-state index contributed by atoms with van der Waals surface area (Å²) in [6.07, 6.45) is -0.0691. The lowest BCUT2D eigenvalue weighted by molar-refractivity contribution is -0.136. The molecule has 0 aliphatic heterocycles. The van der Waals surface area contributed by atoms with Crippen LogP contribution in [0.5, 0.6) is 0 Å². The van der Waals surface area contributed by atoms with Gasteiger partial charge in [0.1, 0.15) is 0 Å². The number of carboxylic acids is 1. The second kappa shape index (κ2) is 5.83. The molecular weight excluding hydrogens is 260 g/mol. The van der Waals surface area contributed by atoms with Crippen molar-refractivity contribution < 1.29 is 9.90 Å². The summed E-state index contributed by atoms with van der Waals surface area (Å²) in [5.74, 6) is -0.712. The topological polar surface area (TPSA) is 131 Å². The van der Waals surface area contributed by atoms with Gasteiger partial charge in [-0.1, -0.05) is 18.2 Å². The van der Waals surface area contributed by atoms with E-state index in [2.05, 4.69) is 15.0 Å². The van der Waals surface area contributed by atoms with Gasteiger partial charge in [-0.2, -0.15) is 15.0 Å². The second-order valence-electron chi connectivity index (χ2n) is 3.98. The normalized spacial score (nSPS) is 10.2. The van der Waals surface area contributed by atoms with Gasteiger partial charge in [0.2, 0.25) is 17.8 Å². The summed E-state index contributed by atoms with van der Waals surface area (Å²) in [5, 5.41) is 8.84. The number of aromatic nitrogens is 3. The Hall–Kier alpha value is -2.90. The number of hydrogen-bond donors (Lipinski definition) is 3. The molecule has 0 aliphatic carbocycles. The van der Waals surface area contributed by atoms with Crippen LogP contribution >= 0.6 is 0 Å². The van der Waals surface area contributed by atoms with Crippen molar-refractivity contribution in [2.75, 3.05) is 22.9 Å². The van der Waals surface area contributed by atoms with Crippen LogP contribution in [0.25, 0.3) is 0 Å². The number of carbonyl (C=O) groups is 1. The van der Waals surface area contributed by atoms with Gasteiger partial charge in [0.15, 0.2) is 0 Å². The third-order valence-electron chi connectivity index (χ3n) is 2.52. The fourth-order valence-electron chi connectivity index (χ4n) is 1.68. The van der Waals surface area contributed by atoms with Crippen molar-refractivity contribution in [3.8, 4) is 0 Å². The average molecular weight is 274 g/mol. The lowest BCUT2D eigenvalue weighted by atomic mass is 10.3. The first-order valence-electron chi connectivity index (χ1n) is 5.87. The Labute approximate surface area is 115 Å². The quantitative estimate of drug-likeness (QED) is 0.724. The van der Waals surface area contributed by atoms with Crippen molar-refractivity contribution in [2.45, 2.75) is 6.42 Å². The van der Waals surface area contributed by atoms with Crippen molar-refractivity contribution in [1.82, 2.24) is 15.0 Å².